The van der Waals surface area contributed by atoms with E-state index in [1.54, 1.807) is 13.8 Å². The van der Waals surface area contributed by atoms with Crippen molar-refractivity contribution >= 4 is 11.8 Å². The summed E-state index contributed by atoms with van der Waals surface area (Å²) in [6.07, 6.45) is -0.460. The van der Waals surface area contributed by atoms with Gasteiger partial charge < -0.3 is 20.4 Å². The number of nitrogens with zero attached hydrogens (tertiary/aromatic N) is 2. The molecule has 1 rings (SSSR count). The molecule has 0 bridgehead atoms. The van der Waals surface area contributed by atoms with E-state index in [9.17, 15) is 14.7 Å². The third kappa shape index (κ3) is 6.72. The van der Waals surface area contributed by atoms with E-state index in [2.05, 4.69) is 22.6 Å². The van der Waals surface area contributed by atoms with Gasteiger partial charge in [-0.25, -0.2) is 5.01 Å². The Morgan fingerprint density at radius 3 is 2.38 bits per heavy atom. The molecule has 8 nitrogen and oxygen atoms in total. The molecule has 2 amide bonds. The summed E-state index contributed by atoms with van der Waals surface area (Å²) in [7, 11) is 0. The maximum Gasteiger partial charge on any atom is 0.249 e. The molecule has 0 aromatic rings. The van der Waals surface area contributed by atoms with E-state index >= 15 is 0 Å². The summed E-state index contributed by atoms with van der Waals surface area (Å²) in [6.45, 7) is 9.95. The van der Waals surface area contributed by atoms with Gasteiger partial charge in [0.2, 0.25) is 11.8 Å². The summed E-state index contributed by atoms with van der Waals surface area (Å²) in [5.74, 6) is -0.587. The number of hydrogen-bond donors (Lipinski definition) is 4. The molecule has 140 valence electrons. The van der Waals surface area contributed by atoms with E-state index in [0.29, 0.717) is 19.4 Å². The van der Waals surface area contributed by atoms with Gasteiger partial charge in [-0.15, -0.1) is 0 Å². The van der Waals surface area contributed by atoms with Gasteiger partial charge in [-0.05, 0) is 13.0 Å². The average molecular weight is 344 g/mol. The van der Waals surface area contributed by atoms with Gasteiger partial charge in [0.05, 0.1) is 6.61 Å². The Hall–Kier alpha value is -1.22. The lowest BCUT2D eigenvalue weighted by molar-refractivity contribution is -0.137. The lowest BCUT2D eigenvalue weighted by atomic mass is 9.87. The molecule has 0 saturated carbocycles. The number of carbonyl (C=O) groups excluding carboxylic acids is 2. The van der Waals surface area contributed by atoms with Crippen LogP contribution in [0.4, 0.5) is 0 Å². The molecule has 0 unspecified atom stereocenters. The highest BCUT2D eigenvalue weighted by Crippen LogP contribution is 2.19. The summed E-state index contributed by atoms with van der Waals surface area (Å²) >= 11 is 0. The minimum absolute atomic E-state index is 0.0644. The lowest BCUT2D eigenvalue weighted by Gasteiger charge is -2.33. The van der Waals surface area contributed by atoms with E-state index in [4.69, 9.17) is 5.11 Å². The molecule has 0 aromatic heterocycles. The minimum Gasteiger partial charge on any atom is -0.396 e. The number of piperazine rings is 1. The Balaban J connectivity index is 2.16. The maximum atomic E-state index is 11.9. The van der Waals surface area contributed by atoms with Gasteiger partial charge in [0.15, 0.2) is 0 Å². The Morgan fingerprint density at radius 1 is 1.21 bits per heavy atom. The van der Waals surface area contributed by atoms with Crippen LogP contribution < -0.4 is 10.7 Å². The first-order valence-corrected chi connectivity index (χ1v) is 8.63. The number of aliphatic hydroxyl groups excluding tert-OH is 2. The van der Waals surface area contributed by atoms with Crippen LogP contribution >= 0.6 is 0 Å². The molecule has 1 fully saturated rings. The van der Waals surface area contributed by atoms with E-state index in [1.807, 2.05) is 5.01 Å². The predicted octanol–water partition coefficient (Wildman–Crippen LogP) is -1.07. The van der Waals surface area contributed by atoms with Gasteiger partial charge in [-0.1, -0.05) is 20.8 Å². The first-order valence-electron chi connectivity index (χ1n) is 8.63. The number of nitrogens with one attached hydrogen (secondary N) is 2. The number of rotatable bonds is 9. The van der Waals surface area contributed by atoms with Crippen LogP contribution in [0.25, 0.3) is 0 Å². The fourth-order valence-corrected chi connectivity index (χ4v) is 2.41. The molecule has 1 atom stereocenters. The number of likely N-dealkylation sites (N-methyl/N-ethyl adjacent to an activating group) is 1. The normalized spacial score (nSPS) is 18.2. The summed E-state index contributed by atoms with van der Waals surface area (Å²) in [5, 5.41) is 23.5. The van der Waals surface area contributed by atoms with Crippen LogP contribution in [0.5, 0.6) is 0 Å². The van der Waals surface area contributed by atoms with Gasteiger partial charge in [0, 0.05) is 44.6 Å². The largest absolute Gasteiger partial charge is 0.396 e. The first-order chi connectivity index (χ1) is 11.3. The smallest absolute Gasteiger partial charge is 0.249 e. The monoisotopic (exact) mass is 344 g/mol. The van der Waals surface area contributed by atoms with Crippen molar-refractivity contribution < 1.29 is 19.8 Å². The summed E-state index contributed by atoms with van der Waals surface area (Å²) < 4.78 is 0. The Kier molecular flexibility index (Phi) is 8.61. The lowest BCUT2D eigenvalue weighted by Crippen LogP contribution is -2.53. The maximum absolute atomic E-state index is 11.9. The van der Waals surface area contributed by atoms with Gasteiger partial charge in [-0.2, -0.15) is 0 Å². The van der Waals surface area contributed by atoms with Crippen LogP contribution in [-0.2, 0) is 9.59 Å². The van der Waals surface area contributed by atoms with Crippen LogP contribution in [0, 0.1) is 5.41 Å². The van der Waals surface area contributed by atoms with Crippen LogP contribution in [-0.4, -0.2) is 83.9 Å². The molecule has 1 heterocycles. The summed E-state index contributed by atoms with van der Waals surface area (Å²) in [6, 6.07) is 0. The van der Waals surface area contributed by atoms with E-state index < -0.39 is 17.4 Å². The van der Waals surface area contributed by atoms with Crippen molar-refractivity contribution in [1.29, 1.82) is 0 Å². The highest BCUT2D eigenvalue weighted by atomic mass is 16.3. The van der Waals surface area contributed by atoms with Crippen molar-refractivity contribution in [3.8, 4) is 0 Å². The van der Waals surface area contributed by atoms with Crippen molar-refractivity contribution in [2.24, 2.45) is 5.41 Å². The molecule has 4 N–H and O–H groups in total. The Labute approximate surface area is 144 Å². The average Bonchev–Trinajstić information content (AvgIpc) is 2.58. The zero-order chi connectivity index (χ0) is 18.2. The second-order valence-corrected chi connectivity index (χ2v) is 6.90. The number of amides is 2. The quantitative estimate of drug-likeness (QED) is 0.397. The van der Waals surface area contributed by atoms with Crippen molar-refractivity contribution in [2.45, 2.75) is 39.7 Å². The molecule has 1 aliphatic heterocycles. The second kappa shape index (κ2) is 9.93. The molecule has 0 aromatic carbocycles. The zero-order valence-corrected chi connectivity index (χ0v) is 15.0. The predicted molar refractivity (Wildman–Crippen MR) is 90.9 cm³/mol. The van der Waals surface area contributed by atoms with Gasteiger partial charge in [0.25, 0.3) is 0 Å². The summed E-state index contributed by atoms with van der Waals surface area (Å²) in [5.41, 5.74) is 1.99. The van der Waals surface area contributed by atoms with Crippen LogP contribution in [0.15, 0.2) is 0 Å². The zero-order valence-electron chi connectivity index (χ0n) is 15.0. The molecule has 0 aliphatic carbocycles. The van der Waals surface area contributed by atoms with Crippen LogP contribution in [0.1, 0.15) is 33.6 Å². The third-order valence-electron chi connectivity index (χ3n) is 4.38. The molecule has 1 saturated heterocycles. The standard InChI is InChI=1S/C16H32N4O4/c1-4-19-8-10-20(11-9-19)18-13(22)6-5-7-17-15(24)14(23)16(2,3)12-21/h14,21,23H,4-12H2,1-3H3,(H,17,24)(H,18,22)/t14-/m0/s1. The van der Waals surface area contributed by atoms with Crippen LogP contribution in [0.3, 0.4) is 0 Å². The van der Waals surface area contributed by atoms with Crippen molar-refractivity contribution in [3.05, 3.63) is 0 Å². The number of aliphatic hydroxyl groups is 2. The molecular formula is C16H32N4O4. The Bertz CT molecular complexity index is 409. The van der Waals surface area contributed by atoms with Gasteiger partial charge >= 0.3 is 0 Å². The summed E-state index contributed by atoms with van der Waals surface area (Å²) in [4.78, 5) is 26.0. The number of carbonyl (C=O) groups is 2. The van der Waals surface area contributed by atoms with Crippen molar-refractivity contribution in [2.75, 3.05) is 45.9 Å². The van der Waals surface area contributed by atoms with Crippen molar-refractivity contribution in [1.82, 2.24) is 20.7 Å². The molecule has 0 spiro atoms. The fourth-order valence-electron chi connectivity index (χ4n) is 2.41. The highest BCUT2D eigenvalue weighted by Gasteiger charge is 2.32. The van der Waals surface area contributed by atoms with Crippen molar-refractivity contribution in [3.63, 3.8) is 0 Å². The molecule has 24 heavy (non-hydrogen) atoms. The molecule has 8 heteroatoms. The first kappa shape index (κ1) is 20.8. The molecule has 0 radical (unpaired) electrons. The van der Waals surface area contributed by atoms with E-state index in [-0.39, 0.29) is 12.5 Å². The van der Waals surface area contributed by atoms with E-state index in [0.717, 1.165) is 32.7 Å². The topological polar surface area (TPSA) is 105 Å². The van der Waals surface area contributed by atoms with Crippen LogP contribution in [0.2, 0.25) is 0 Å². The fraction of sp³-hybridized carbons (Fsp3) is 0.875. The Morgan fingerprint density at radius 2 is 1.83 bits per heavy atom. The number of hydrazine groups is 1. The SMILES string of the molecule is CCN1CCN(NC(=O)CCCNC(=O)[C@H](O)C(C)(C)CO)CC1. The minimum atomic E-state index is -1.27. The number of hydrogen-bond acceptors (Lipinski definition) is 6. The van der Waals surface area contributed by atoms with Gasteiger partial charge in [0.1, 0.15) is 6.10 Å². The van der Waals surface area contributed by atoms with Gasteiger partial charge in [-0.3, -0.25) is 15.0 Å². The third-order valence-corrected chi connectivity index (χ3v) is 4.38. The molecule has 1 aliphatic rings. The van der Waals surface area contributed by atoms with E-state index in [1.165, 1.54) is 0 Å². The molecular weight excluding hydrogens is 312 g/mol. The highest BCUT2D eigenvalue weighted by molar-refractivity contribution is 5.81. The second-order valence-electron chi connectivity index (χ2n) is 6.90.